The van der Waals surface area contributed by atoms with E-state index in [4.69, 9.17) is 4.74 Å². The molecule has 1 aromatic heterocycles. The first kappa shape index (κ1) is 19.3. The van der Waals surface area contributed by atoms with Gasteiger partial charge < -0.3 is 25.8 Å². The van der Waals surface area contributed by atoms with Gasteiger partial charge in [-0.15, -0.1) is 0 Å². The van der Waals surface area contributed by atoms with E-state index in [1.807, 2.05) is 24.3 Å². The quantitative estimate of drug-likeness (QED) is 0.500. The number of ketones is 1. The summed E-state index contributed by atoms with van der Waals surface area (Å²) in [6.45, 7) is 1.75. The van der Waals surface area contributed by atoms with Crippen LogP contribution in [0.15, 0.2) is 36.5 Å². The molecule has 2 aromatic carbocycles. The summed E-state index contributed by atoms with van der Waals surface area (Å²) >= 11 is 0. The first-order valence-corrected chi connectivity index (χ1v) is 10.3. The van der Waals surface area contributed by atoms with Gasteiger partial charge in [-0.1, -0.05) is 12.1 Å². The molecule has 1 aliphatic heterocycles. The average Bonchev–Trinajstić information content (AvgIpc) is 3.17. The molecule has 5 rings (SSSR count). The Hall–Kier alpha value is -3.65. The van der Waals surface area contributed by atoms with Crippen LogP contribution in [-0.2, 0) is 19.4 Å². The van der Waals surface area contributed by atoms with Crippen molar-refractivity contribution in [2.24, 2.45) is 0 Å². The van der Waals surface area contributed by atoms with E-state index in [-0.39, 0.29) is 17.4 Å². The second-order valence-electron chi connectivity index (χ2n) is 7.69. The molecule has 8 heteroatoms. The molecule has 2 heterocycles. The molecule has 158 valence electrons. The topological polar surface area (TPSA) is 108 Å². The Morgan fingerprint density at radius 3 is 2.84 bits per heavy atom. The molecule has 3 aromatic rings. The van der Waals surface area contributed by atoms with Crippen LogP contribution in [-0.4, -0.2) is 34.5 Å². The number of carbonyl (C=O) groups is 1. The highest BCUT2D eigenvalue weighted by molar-refractivity contribution is 6.05. The highest BCUT2D eigenvalue weighted by Gasteiger charge is 2.23. The monoisotopic (exact) mass is 417 g/mol. The number of nitrogens with zero attached hydrogens (tertiary/aromatic N) is 2. The lowest BCUT2D eigenvalue weighted by Gasteiger charge is -2.20. The SMILES string of the molecule is COc1cc2c(cc1Nc1ncc(O)c(Nc3cccc4c3C(=O)CC4)n1)CCNC2. The molecular formula is C23H23N5O3. The van der Waals surface area contributed by atoms with Crippen molar-refractivity contribution in [2.75, 3.05) is 24.3 Å². The minimum absolute atomic E-state index is 0.0956. The fourth-order valence-electron chi connectivity index (χ4n) is 4.17. The zero-order chi connectivity index (χ0) is 21.4. The Labute approximate surface area is 179 Å². The lowest BCUT2D eigenvalue weighted by molar-refractivity contribution is 0.0995. The number of carbonyl (C=O) groups excluding carboxylic acids is 1. The number of anilines is 4. The number of aryl methyl sites for hydroxylation is 1. The number of fused-ring (bicyclic) bond motifs is 2. The van der Waals surface area contributed by atoms with Crippen LogP contribution in [0.5, 0.6) is 11.5 Å². The van der Waals surface area contributed by atoms with Crippen LogP contribution in [0.3, 0.4) is 0 Å². The fourth-order valence-corrected chi connectivity index (χ4v) is 4.17. The van der Waals surface area contributed by atoms with E-state index in [9.17, 15) is 9.90 Å². The van der Waals surface area contributed by atoms with Gasteiger partial charge in [0.1, 0.15) is 5.75 Å². The fraction of sp³-hybridized carbons (Fsp3) is 0.261. The van der Waals surface area contributed by atoms with Crippen molar-refractivity contribution in [3.63, 3.8) is 0 Å². The summed E-state index contributed by atoms with van der Waals surface area (Å²) in [5.41, 5.74) is 5.53. The van der Waals surface area contributed by atoms with Gasteiger partial charge in [-0.3, -0.25) is 4.79 Å². The molecule has 0 bridgehead atoms. The predicted octanol–water partition coefficient (Wildman–Crippen LogP) is 3.45. The third kappa shape index (κ3) is 3.66. The van der Waals surface area contributed by atoms with Gasteiger partial charge in [0.05, 0.1) is 24.7 Å². The minimum atomic E-state index is -0.0999. The molecule has 0 saturated carbocycles. The molecule has 0 unspecified atom stereocenters. The van der Waals surface area contributed by atoms with Crippen LogP contribution in [0.2, 0.25) is 0 Å². The van der Waals surface area contributed by atoms with E-state index in [0.717, 1.165) is 37.2 Å². The predicted molar refractivity (Wildman–Crippen MR) is 118 cm³/mol. The molecule has 2 aliphatic rings. The lowest BCUT2D eigenvalue weighted by Crippen LogP contribution is -2.23. The molecule has 0 spiro atoms. The van der Waals surface area contributed by atoms with Crippen LogP contribution in [0.25, 0.3) is 0 Å². The first-order valence-electron chi connectivity index (χ1n) is 10.3. The molecule has 0 radical (unpaired) electrons. The van der Waals surface area contributed by atoms with Gasteiger partial charge in [0.15, 0.2) is 17.4 Å². The van der Waals surface area contributed by atoms with E-state index in [2.05, 4.69) is 32.0 Å². The summed E-state index contributed by atoms with van der Waals surface area (Å²) in [5.74, 6) is 1.23. The molecule has 8 nitrogen and oxygen atoms in total. The summed E-state index contributed by atoms with van der Waals surface area (Å²) in [4.78, 5) is 20.9. The number of rotatable bonds is 5. The van der Waals surface area contributed by atoms with Crippen molar-refractivity contribution >= 4 is 28.9 Å². The number of hydrogen-bond acceptors (Lipinski definition) is 8. The van der Waals surface area contributed by atoms with Gasteiger partial charge >= 0.3 is 0 Å². The molecule has 0 amide bonds. The Kier molecular flexibility index (Phi) is 4.91. The standard InChI is InChI=1S/C23H23N5O3/c1-31-20-10-15-11-24-8-7-14(15)9-17(20)27-23-25-12-19(30)22(28-23)26-16-4-2-3-13-5-6-18(29)21(13)16/h2-4,9-10,12,24,30H,5-8,11H2,1H3,(H2,25,26,27,28). The molecule has 4 N–H and O–H groups in total. The van der Waals surface area contributed by atoms with Crippen LogP contribution in [0.4, 0.5) is 23.1 Å². The zero-order valence-corrected chi connectivity index (χ0v) is 17.2. The molecule has 0 fully saturated rings. The van der Waals surface area contributed by atoms with Gasteiger partial charge in [0.2, 0.25) is 5.95 Å². The van der Waals surface area contributed by atoms with Gasteiger partial charge in [0, 0.05) is 18.5 Å². The Balaban J connectivity index is 1.45. The average molecular weight is 417 g/mol. The molecule has 1 aliphatic carbocycles. The van der Waals surface area contributed by atoms with E-state index in [1.165, 1.54) is 17.3 Å². The number of nitrogens with one attached hydrogen (secondary N) is 3. The number of ether oxygens (including phenoxy) is 1. The number of Topliss-reactive ketones (excluding diaryl/α,β-unsaturated/α-hetero) is 1. The number of benzene rings is 2. The highest BCUT2D eigenvalue weighted by Crippen LogP contribution is 2.35. The second kappa shape index (κ2) is 7.88. The summed E-state index contributed by atoms with van der Waals surface area (Å²) in [5, 5.41) is 20.0. The third-order valence-electron chi connectivity index (χ3n) is 5.73. The Bertz CT molecular complexity index is 1180. The summed E-state index contributed by atoms with van der Waals surface area (Å²) < 4.78 is 5.55. The van der Waals surface area contributed by atoms with Crippen molar-refractivity contribution in [1.29, 1.82) is 0 Å². The first-order chi connectivity index (χ1) is 15.1. The van der Waals surface area contributed by atoms with Gasteiger partial charge in [-0.05, 0) is 54.3 Å². The van der Waals surface area contributed by atoms with Crippen molar-refractivity contribution in [3.05, 3.63) is 58.8 Å². The molecule has 31 heavy (non-hydrogen) atoms. The van der Waals surface area contributed by atoms with Crippen molar-refractivity contribution < 1.29 is 14.6 Å². The maximum atomic E-state index is 12.3. The Morgan fingerprint density at radius 1 is 1.06 bits per heavy atom. The smallest absolute Gasteiger partial charge is 0.229 e. The normalized spacial score (nSPS) is 14.7. The van der Waals surface area contributed by atoms with Crippen molar-refractivity contribution in [3.8, 4) is 11.5 Å². The van der Waals surface area contributed by atoms with E-state index < -0.39 is 0 Å². The second-order valence-corrected chi connectivity index (χ2v) is 7.69. The van der Waals surface area contributed by atoms with Gasteiger partial charge in [-0.25, -0.2) is 4.98 Å². The minimum Gasteiger partial charge on any atom is -0.503 e. The van der Waals surface area contributed by atoms with E-state index in [1.54, 1.807) is 7.11 Å². The number of methoxy groups -OCH3 is 1. The molecule has 0 saturated heterocycles. The summed E-state index contributed by atoms with van der Waals surface area (Å²) in [6.07, 6.45) is 3.51. The van der Waals surface area contributed by atoms with Gasteiger partial charge in [0.25, 0.3) is 0 Å². The van der Waals surface area contributed by atoms with Crippen molar-refractivity contribution in [2.45, 2.75) is 25.8 Å². The molecule has 0 atom stereocenters. The number of aromatic nitrogens is 2. The third-order valence-corrected chi connectivity index (χ3v) is 5.73. The van der Waals surface area contributed by atoms with Crippen LogP contribution < -0.4 is 20.7 Å². The zero-order valence-electron chi connectivity index (χ0n) is 17.2. The highest BCUT2D eigenvalue weighted by atomic mass is 16.5. The lowest BCUT2D eigenvalue weighted by atomic mass is 10.00. The molecular weight excluding hydrogens is 394 g/mol. The van der Waals surface area contributed by atoms with Gasteiger partial charge in [-0.2, -0.15) is 4.98 Å². The number of aromatic hydroxyl groups is 1. The maximum absolute atomic E-state index is 12.3. The van der Waals surface area contributed by atoms with Crippen LogP contribution in [0, 0.1) is 0 Å². The maximum Gasteiger partial charge on any atom is 0.229 e. The summed E-state index contributed by atoms with van der Waals surface area (Å²) in [6, 6.07) is 9.74. The van der Waals surface area contributed by atoms with E-state index in [0.29, 0.717) is 29.4 Å². The van der Waals surface area contributed by atoms with Crippen molar-refractivity contribution in [1.82, 2.24) is 15.3 Å². The largest absolute Gasteiger partial charge is 0.503 e. The Morgan fingerprint density at radius 2 is 1.97 bits per heavy atom. The van der Waals surface area contributed by atoms with Crippen LogP contribution in [0.1, 0.15) is 33.5 Å². The van der Waals surface area contributed by atoms with Crippen LogP contribution >= 0.6 is 0 Å². The summed E-state index contributed by atoms with van der Waals surface area (Å²) in [7, 11) is 1.63. The number of hydrogen-bond donors (Lipinski definition) is 4. The van der Waals surface area contributed by atoms with E-state index >= 15 is 0 Å².